The summed E-state index contributed by atoms with van der Waals surface area (Å²) in [5.74, 6) is 0.760. The lowest BCUT2D eigenvalue weighted by atomic mass is 9.43. The molecule has 4 N–H and O–H groups in total. The summed E-state index contributed by atoms with van der Waals surface area (Å²) in [6.07, 6.45) is 3.03. The van der Waals surface area contributed by atoms with Crippen LogP contribution in [0.1, 0.15) is 60.8 Å². The van der Waals surface area contributed by atoms with Crippen LogP contribution in [-0.4, -0.2) is 49.2 Å². The molecule has 1 saturated heterocycles. The molecule has 4 fully saturated rings. The second-order valence-electron chi connectivity index (χ2n) is 10.1. The minimum atomic E-state index is -0.801. The van der Waals surface area contributed by atoms with E-state index in [0.29, 0.717) is 17.8 Å². The summed E-state index contributed by atoms with van der Waals surface area (Å²) in [4.78, 5) is 23.7. The first-order valence-electron chi connectivity index (χ1n) is 10.6. The monoisotopic (exact) mass is 393 g/mol. The van der Waals surface area contributed by atoms with Crippen LogP contribution in [-0.2, 0) is 18.9 Å². The SMILES string of the molecule is CC(=O)NC[C@H](N)C(=O)N[C@@H](CC(C)C)B1O[C@@H]2C[C@@H]3C[C@@H](C3(C)C)[C@]2(C)O1. The minimum absolute atomic E-state index is 0.0777. The van der Waals surface area contributed by atoms with Crippen LogP contribution in [0.4, 0.5) is 0 Å². The van der Waals surface area contributed by atoms with Crippen molar-refractivity contribution < 1.29 is 18.9 Å². The highest BCUT2D eigenvalue weighted by Gasteiger charge is 2.68. The lowest BCUT2D eigenvalue weighted by Crippen LogP contribution is -2.65. The van der Waals surface area contributed by atoms with Crippen molar-refractivity contribution in [2.75, 3.05) is 6.54 Å². The molecule has 1 aliphatic heterocycles. The Morgan fingerprint density at radius 1 is 1.25 bits per heavy atom. The summed E-state index contributed by atoms with van der Waals surface area (Å²) in [6, 6.07) is -0.801. The molecule has 1 heterocycles. The molecule has 8 heteroatoms. The van der Waals surface area contributed by atoms with Gasteiger partial charge < -0.3 is 25.7 Å². The molecule has 2 amide bonds. The van der Waals surface area contributed by atoms with Crippen molar-refractivity contribution in [3.05, 3.63) is 0 Å². The average Bonchev–Trinajstić information content (AvgIpc) is 2.95. The van der Waals surface area contributed by atoms with Crippen molar-refractivity contribution >= 4 is 18.9 Å². The fourth-order valence-corrected chi connectivity index (χ4v) is 5.45. The van der Waals surface area contributed by atoms with Gasteiger partial charge in [0, 0.05) is 13.5 Å². The molecular formula is C20H36BN3O4. The van der Waals surface area contributed by atoms with E-state index < -0.39 is 13.2 Å². The Balaban J connectivity index is 1.68. The zero-order chi connectivity index (χ0) is 20.9. The molecule has 0 unspecified atom stereocenters. The number of rotatable bonds is 7. The lowest BCUT2D eigenvalue weighted by Gasteiger charge is -2.64. The van der Waals surface area contributed by atoms with E-state index in [9.17, 15) is 9.59 Å². The second-order valence-corrected chi connectivity index (χ2v) is 10.1. The van der Waals surface area contributed by atoms with Gasteiger partial charge in [0.05, 0.1) is 17.6 Å². The number of nitrogens with two attached hydrogens (primary N) is 1. The molecule has 7 nitrogen and oxygen atoms in total. The predicted molar refractivity (Wildman–Crippen MR) is 108 cm³/mol. The molecule has 2 bridgehead atoms. The molecule has 3 saturated carbocycles. The van der Waals surface area contributed by atoms with Crippen LogP contribution in [0.15, 0.2) is 0 Å². The molecule has 28 heavy (non-hydrogen) atoms. The summed E-state index contributed by atoms with van der Waals surface area (Å²) in [7, 11) is -0.468. The quantitative estimate of drug-likeness (QED) is 0.565. The molecule has 158 valence electrons. The Labute approximate surface area is 169 Å². The third kappa shape index (κ3) is 3.83. The summed E-state index contributed by atoms with van der Waals surface area (Å²) in [5.41, 5.74) is 5.92. The first kappa shape index (κ1) is 21.6. The molecule has 0 radical (unpaired) electrons. The van der Waals surface area contributed by atoms with Crippen molar-refractivity contribution in [2.24, 2.45) is 28.9 Å². The lowest BCUT2D eigenvalue weighted by molar-refractivity contribution is -0.199. The summed E-state index contributed by atoms with van der Waals surface area (Å²) in [5, 5.41) is 5.61. The fourth-order valence-electron chi connectivity index (χ4n) is 5.45. The third-order valence-corrected chi connectivity index (χ3v) is 7.26. The van der Waals surface area contributed by atoms with Crippen LogP contribution in [0.3, 0.4) is 0 Å². The highest BCUT2D eigenvalue weighted by Crippen LogP contribution is 2.65. The van der Waals surface area contributed by atoms with Gasteiger partial charge in [0.15, 0.2) is 0 Å². The van der Waals surface area contributed by atoms with E-state index in [-0.39, 0.29) is 41.4 Å². The number of nitrogens with one attached hydrogen (secondary N) is 2. The van der Waals surface area contributed by atoms with Gasteiger partial charge >= 0.3 is 7.12 Å². The van der Waals surface area contributed by atoms with Gasteiger partial charge in [0.2, 0.25) is 11.8 Å². The average molecular weight is 393 g/mol. The van der Waals surface area contributed by atoms with Gasteiger partial charge in [-0.25, -0.2) is 0 Å². The van der Waals surface area contributed by atoms with Crippen molar-refractivity contribution in [3.63, 3.8) is 0 Å². The van der Waals surface area contributed by atoms with E-state index in [1.54, 1.807) is 0 Å². The zero-order valence-corrected chi connectivity index (χ0v) is 18.1. The Bertz CT molecular complexity index is 629. The van der Waals surface area contributed by atoms with E-state index >= 15 is 0 Å². The van der Waals surface area contributed by atoms with Crippen LogP contribution in [0.25, 0.3) is 0 Å². The summed E-state index contributed by atoms with van der Waals surface area (Å²) in [6.45, 7) is 12.6. The van der Waals surface area contributed by atoms with Gasteiger partial charge in [0.25, 0.3) is 0 Å². The molecular weight excluding hydrogens is 357 g/mol. The van der Waals surface area contributed by atoms with Gasteiger partial charge in [-0.2, -0.15) is 0 Å². The highest BCUT2D eigenvalue weighted by atomic mass is 16.7. The number of carbonyl (C=O) groups is 2. The molecule has 0 aromatic rings. The van der Waals surface area contributed by atoms with Gasteiger partial charge in [-0.05, 0) is 49.4 Å². The topological polar surface area (TPSA) is 103 Å². The summed E-state index contributed by atoms with van der Waals surface area (Å²) < 4.78 is 12.9. The Hall–Kier alpha value is -1.12. The first-order chi connectivity index (χ1) is 12.9. The largest absolute Gasteiger partial charge is 0.481 e. The van der Waals surface area contributed by atoms with Crippen molar-refractivity contribution in [1.29, 1.82) is 0 Å². The van der Waals surface area contributed by atoms with E-state index in [2.05, 4.69) is 45.3 Å². The first-order valence-corrected chi connectivity index (χ1v) is 10.6. The van der Waals surface area contributed by atoms with Crippen molar-refractivity contribution in [3.8, 4) is 0 Å². The van der Waals surface area contributed by atoms with Crippen LogP contribution in [0, 0.1) is 23.2 Å². The number of hydrogen-bond acceptors (Lipinski definition) is 5. The number of amides is 2. The summed E-state index contributed by atoms with van der Waals surface area (Å²) >= 11 is 0. The van der Waals surface area contributed by atoms with Crippen LogP contribution < -0.4 is 16.4 Å². The van der Waals surface area contributed by atoms with Crippen LogP contribution >= 0.6 is 0 Å². The van der Waals surface area contributed by atoms with E-state index in [4.69, 9.17) is 15.0 Å². The molecule has 4 rings (SSSR count). The van der Waals surface area contributed by atoms with Gasteiger partial charge in [-0.15, -0.1) is 0 Å². The molecule has 0 aromatic heterocycles. The molecule has 3 aliphatic carbocycles. The smallest absolute Gasteiger partial charge is 0.404 e. The maximum Gasteiger partial charge on any atom is 0.481 e. The maximum absolute atomic E-state index is 12.6. The second kappa shape index (κ2) is 7.61. The van der Waals surface area contributed by atoms with Crippen LogP contribution in [0.2, 0.25) is 0 Å². The molecule has 4 aliphatic rings. The van der Waals surface area contributed by atoms with Crippen LogP contribution in [0.5, 0.6) is 0 Å². The predicted octanol–water partition coefficient (Wildman–Crippen LogP) is 1.25. The standard InChI is InChI=1S/C20H36BN3O4/c1-11(2)7-17(24-18(26)14(22)10-23-12(3)25)21-27-16-9-13-8-15(19(13,4)5)20(16,6)28-21/h11,13-17H,7-10,22H2,1-6H3,(H,23,25)(H,24,26)/t13-,14-,15-,16+,17-,20-/m0/s1. The van der Waals surface area contributed by atoms with E-state index in [0.717, 1.165) is 12.8 Å². The van der Waals surface area contributed by atoms with Crippen molar-refractivity contribution in [2.45, 2.75) is 84.5 Å². The highest BCUT2D eigenvalue weighted by molar-refractivity contribution is 6.47. The Morgan fingerprint density at radius 3 is 2.50 bits per heavy atom. The fraction of sp³-hybridized carbons (Fsp3) is 0.900. The van der Waals surface area contributed by atoms with E-state index in [1.165, 1.54) is 13.3 Å². The van der Waals surface area contributed by atoms with Crippen molar-refractivity contribution in [1.82, 2.24) is 10.6 Å². The normalized spacial score (nSPS) is 35.0. The van der Waals surface area contributed by atoms with Gasteiger partial charge in [-0.3, -0.25) is 9.59 Å². The van der Waals surface area contributed by atoms with Gasteiger partial charge in [0.1, 0.15) is 6.04 Å². The maximum atomic E-state index is 12.6. The zero-order valence-electron chi connectivity index (χ0n) is 18.1. The number of carbonyl (C=O) groups excluding carboxylic acids is 2. The Morgan fingerprint density at radius 2 is 1.93 bits per heavy atom. The minimum Gasteiger partial charge on any atom is -0.404 e. The Kier molecular flexibility index (Phi) is 5.87. The van der Waals surface area contributed by atoms with Gasteiger partial charge in [-0.1, -0.05) is 27.7 Å². The number of hydrogen-bond donors (Lipinski definition) is 3. The van der Waals surface area contributed by atoms with E-state index in [1.807, 2.05) is 0 Å². The molecule has 0 aromatic carbocycles. The third-order valence-electron chi connectivity index (χ3n) is 7.26. The molecule has 0 spiro atoms. The molecule has 6 atom stereocenters.